The van der Waals surface area contributed by atoms with Crippen LogP contribution in [0.4, 0.5) is 36.3 Å². The highest BCUT2D eigenvalue weighted by Gasteiger charge is 2.35. The van der Waals surface area contributed by atoms with Gasteiger partial charge in [0.15, 0.2) is 0 Å². The Morgan fingerprint density at radius 2 is 1.43 bits per heavy atom. The predicted molar refractivity (Wildman–Crippen MR) is 105 cm³/mol. The first-order chi connectivity index (χ1) is 13.2. The number of alkyl halides is 3. The lowest BCUT2D eigenvalue weighted by molar-refractivity contribution is -0.137. The van der Waals surface area contributed by atoms with Gasteiger partial charge in [0.1, 0.15) is 11.4 Å². The summed E-state index contributed by atoms with van der Waals surface area (Å²) in [6.07, 6.45) is -3.78. The van der Waals surface area contributed by atoms with Crippen molar-refractivity contribution in [2.75, 3.05) is 10.6 Å². The molecule has 0 spiro atoms. The molecule has 2 N–H and O–H groups in total. The Morgan fingerprint density at radius 1 is 0.857 bits per heavy atom. The first kappa shape index (κ1) is 19.7. The summed E-state index contributed by atoms with van der Waals surface area (Å²) < 4.78 is 40.2. The smallest absolute Gasteiger partial charge is 0.340 e. The zero-order valence-electron chi connectivity index (χ0n) is 15.8. The van der Waals surface area contributed by atoms with Gasteiger partial charge in [-0.2, -0.15) is 18.2 Å². The number of halogens is 3. The molecule has 0 aliphatic rings. The number of nitrogens with one attached hydrogen (secondary N) is 2. The predicted octanol–water partition coefficient (Wildman–Crippen LogP) is 6.41. The summed E-state index contributed by atoms with van der Waals surface area (Å²) in [6.45, 7) is 6.06. The van der Waals surface area contributed by atoms with Gasteiger partial charge in [0.05, 0.1) is 0 Å². The third-order valence-electron chi connectivity index (χ3n) is 4.24. The molecule has 3 rings (SSSR count). The van der Waals surface area contributed by atoms with Crippen molar-refractivity contribution in [3.63, 3.8) is 0 Å². The van der Waals surface area contributed by atoms with Gasteiger partial charge in [-0.15, -0.1) is 0 Å². The largest absolute Gasteiger partial charge is 0.421 e. The quantitative estimate of drug-likeness (QED) is 0.532. The van der Waals surface area contributed by atoms with Gasteiger partial charge in [0.2, 0.25) is 5.95 Å². The molecular formula is C21H21F3N4. The minimum atomic E-state index is -4.57. The number of hydrogen-bond donors (Lipinski definition) is 2. The van der Waals surface area contributed by atoms with Gasteiger partial charge in [-0.05, 0) is 42.7 Å². The van der Waals surface area contributed by atoms with E-state index in [0.717, 1.165) is 17.3 Å². The van der Waals surface area contributed by atoms with Crippen LogP contribution in [0.1, 0.15) is 36.5 Å². The van der Waals surface area contributed by atoms with Crippen LogP contribution in [-0.4, -0.2) is 9.97 Å². The van der Waals surface area contributed by atoms with Gasteiger partial charge in [-0.25, -0.2) is 4.98 Å². The fraction of sp³-hybridized carbons (Fsp3) is 0.238. The Labute approximate surface area is 161 Å². The van der Waals surface area contributed by atoms with Crippen molar-refractivity contribution in [2.45, 2.75) is 32.9 Å². The summed E-state index contributed by atoms with van der Waals surface area (Å²) >= 11 is 0. The van der Waals surface area contributed by atoms with Gasteiger partial charge in [0.25, 0.3) is 0 Å². The van der Waals surface area contributed by atoms with E-state index in [-0.39, 0.29) is 11.8 Å². The van der Waals surface area contributed by atoms with Gasteiger partial charge in [-0.1, -0.05) is 43.7 Å². The number of aryl methyl sites for hydroxylation is 1. The summed E-state index contributed by atoms with van der Waals surface area (Å²) in [7, 11) is 0. The van der Waals surface area contributed by atoms with Crippen molar-refractivity contribution >= 4 is 23.1 Å². The SMILES string of the molecule is Cc1ccc(Nc2ncc(C(F)(F)F)c(Nc3ccc(C(C)C)cc3)n2)cc1. The average molecular weight is 386 g/mol. The van der Waals surface area contributed by atoms with Crippen molar-refractivity contribution in [3.8, 4) is 0 Å². The number of hydrogen-bond acceptors (Lipinski definition) is 4. The Balaban J connectivity index is 1.90. The highest BCUT2D eigenvalue weighted by Crippen LogP contribution is 2.35. The summed E-state index contributed by atoms with van der Waals surface area (Å²) in [5.41, 5.74) is 2.47. The monoisotopic (exact) mass is 386 g/mol. The molecule has 0 aliphatic heterocycles. The molecule has 0 saturated heterocycles. The van der Waals surface area contributed by atoms with Crippen LogP contribution in [0.25, 0.3) is 0 Å². The Bertz CT molecular complexity index is 933. The number of rotatable bonds is 5. The molecule has 0 radical (unpaired) electrons. The molecule has 4 nitrogen and oxygen atoms in total. The number of anilines is 4. The molecule has 3 aromatic rings. The van der Waals surface area contributed by atoms with Crippen LogP contribution in [-0.2, 0) is 6.18 Å². The van der Waals surface area contributed by atoms with Crippen molar-refractivity contribution in [1.82, 2.24) is 9.97 Å². The van der Waals surface area contributed by atoms with Crippen LogP contribution in [0, 0.1) is 6.92 Å². The molecule has 0 amide bonds. The van der Waals surface area contributed by atoms with Crippen molar-refractivity contribution < 1.29 is 13.2 Å². The second-order valence-electron chi connectivity index (χ2n) is 6.85. The maximum atomic E-state index is 13.4. The Hall–Kier alpha value is -3.09. The van der Waals surface area contributed by atoms with E-state index >= 15 is 0 Å². The number of benzene rings is 2. The molecule has 0 aliphatic carbocycles. The minimum absolute atomic E-state index is 0.0816. The Kier molecular flexibility index (Phi) is 5.53. The summed E-state index contributed by atoms with van der Waals surface area (Å²) in [5.74, 6) is 0.122. The second kappa shape index (κ2) is 7.88. The molecule has 0 unspecified atom stereocenters. The maximum absolute atomic E-state index is 13.4. The van der Waals surface area contributed by atoms with Crippen LogP contribution in [0.15, 0.2) is 54.7 Å². The van der Waals surface area contributed by atoms with Crippen LogP contribution in [0.5, 0.6) is 0 Å². The zero-order chi connectivity index (χ0) is 20.3. The van der Waals surface area contributed by atoms with Crippen molar-refractivity contribution in [3.05, 3.63) is 71.4 Å². The zero-order valence-corrected chi connectivity index (χ0v) is 15.8. The van der Waals surface area contributed by atoms with E-state index in [1.807, 2.05) is 43.3 Å². The van der Waals surface area contributed by atoms with Crippen LogP contribution < -0.4 is 10.6 Å². The van der Waals surface area contributed by atoms with E-state index in [4.69, 9.17) is 0 Å². The highest BCUT2D eigenvalue weighted by atomic mass is 19.4. The van der Waals surface area contributed by atoms with E-state index in [1.54, 1.807) is 12.1 Å². The fourth-order valence-electron chi connectivity index (χ4n) is 2.60. The van der Waals surface area contributed by atoms with E-state index in [0.29, 0.717) is 17.3 Å². The van der Waals surface area contributed by atoms with Crippen LogP contribution in [0.2, 0.25) is 0 Å². The maximum Gasteiger partial charge on any atom is 0.421 e. The van der Waals surface area contributed by atoms with Gasteiger partial charge in [0, 0.05) is 17.6 Å². The van der Waals surface area contributed by atoms with E-state index in [2.05, 4.69) is 34.4 Å². The molecule has 28 heavy (non-hydrogen) atoms. The third kappa shape index (κ3) is 4.79. The molecule has 1 aromatic heterocycles. The van der Waals surface area contributed by atoms with Crippen LogP contribution in [0.3, 0.4) is 0 Å². The van der Waals surface area contributed by atoms with Gasteiger partial charge < -0.3 is 10.6 Å². The fourth-order valence-corrected chi connectivity index (χ4v) is 2.60. The lowest BCUT2D eigenvalue weighted by Gasteiger charge is -2.15. The van der Waals surface area contributed by atoms with E-state index in [9.17, 15) is 13.2 Å². The molecule has 0 atom stereocenters. The summed E-state index contributed by atoms with van der Waals surface area (Å²) in [5, 5.41) is 5.70. The first-order valence-corrected chi connectivity index (χ1v) is 8.87. The summed E-state index contributed by atoms with van der Waals surface area (Å²) in [6, 6.07) is 14.7. The minimum Gasteiger partial charge on any atom is -0.340 e. The summed E-state index contributed by atoms with van der Waals surface area (Å²) in [4.78, 5) is 7.88. The normalized spacial score (nSPS) is 11.5. The topological polar surface area (TPSA) is 49.8 Å². The molecule has 2 aromatic carbocycles. The van der Waals surface area contributed by atoms with E-state index in [1.165, 1.54) is 0 Å². The molecule has 0 fully saturated rings. The van der Waals surface area contributed by atoms with Gasteiger partial charge in [-0.3, -0.25) is 0 Å². The highest BCUT2D eigenvalue weighted by molar-refractivity contribution is 5.63. The Morgan fingerprint density at radius 3 is 2.00 bits per heavy atom. The number of nitrogens with zero attached hydrogens (tertiary/aromatic N) is 2. The molecule has 1 heterocycles. The molecule has 146 valence electrons. The first-order valence-electron chi connectivity index (χ1n) is 8.87. The number of aromatic nitrogens is 2. The van der Waals surface area contributed by atoms with Crippen molar-refractivity contribution in [2.24, 2.45) is 0 Å². The van der Waals surface area contributed by atoms with Gasteiger partial charge >= 0.3 is 6.18 Å². The molecular weight excluding hydrogens is 365 g/mol. The molecule has 7 heteroatoms. The molecule has 0 bridgehead atoms. The lowest BCUT2D eigenvalue weighted by Crippen LogP contribution is -2.12. The lowest BCUT2D eigenvalue weighted by atomic mass is 10.0. The van der Waals surface area contributed by atoms with E-state index < -0.39 is 11.7 Å². The van der Waals surface area contributed by atoms with Crippen molar-refractivity contribution in [1.29, 1.82) is 0 Å². The second-order valence-corrected chi connectivity index (χ2v) is 6.85. The van der Waals surface area contributed by atoms with Crippen LogP contribution >= 0.6 is 0 Å². The average Bonchev–Trinajstić information content (AvgIpc) is 2.63. The molecule has 0 saturated carbocycles. The third-order valence-corrected chi connectivity index (χ3v) is 4.24. The standard InChI is InChI=1S/C21H21F3N4/c1-13(2)15-6-10-16(11-7-15)26-19-18(21(22,23)24)12-25-20(28-19)27-17-8-4-14(3)5-9-17/h4-13H,1-3H3,(H2,25,26,27,28).